The minimum Gasteiger partial charge on any atom is -0.495 e. The van der Waals surface area contributed by atoms with Crippen molar-refractivity contribution in [2.75, 3.05) is 13.7 Å². The fourth-order valence-electron chi connectivity index (χ4n) is 2.29. The highest BCUT2D eigenvalue weighted by molar-refractivity contribution is 7.89. The first-order chi connectivity index (χ1) is 10.6. The molecule has 0 saturated carbocycles. The summed E-state index contributed by atoms with van der Waals surface area (Å²) < 4.78 is 32.6. The molecule has 0 aliphatic rings. The van der Waals surface area contributed by atoms with Crippen LogP contribution in [0.25, 0.3) is 0 Å². The summed E-state index contributed by atoms with van der Waals surface area (Å²) >= 11 is 0. The molecule has 0 unspecified atom stereocenters. The summed E-state index contributed by atoms with van der Waals surface area (Å²) in [7, 11) is -2.11. The number of para-hydroxylation sites is 1. The van der Waals surface area contributed by atoms with E-state index in [0.29, 0.717) is 18.8 Å². The third kappa shape index (κ3) is 3.67. The Hall–Kier alpha value is -1.85. The van der Waals surface area contributed by atoms with Gasteiger partial charge in [-0.15, -0.1) is 0 Å². The Balaban J connectivity index is 2.38. The molecule has 2 aromatic rings. The maximum atomic E-state index is 13.0. The first kappa shape index (κ1) is 16.5. The lowest BCUT2D eigenvalue weighted by molar-refractivity contribution is 0.385. The average molecular weight is 319 g/mol. The second kappa shape index (κ2) is 7.42. The maximum absolute atomic E-state index is 13.0. The van der Waals surface area contributed by atoms with Crippen LogP contribution in [0.2, 0.25) is 0 Å². The van der Waals surface area contributed by atoms with E-state index < -0.39 is 10.0 Å². The molecule has 22 heavy (non-hydrogen) atoms. The Kier molecular flexibility index (Phi) is 5.57. The van der Waals surface area contributed by atoms with Crippen LogP contribution in [-0.2, 0) is 16.6 Å². The predicted octanol–water partition coefficient (Wildman–Crippen LogP) is 3.30. The minimum atomic E-state index is -3.60. The van der Waals surface area contributed by atoms with Crippen molar-refractivity contribution < 1.29 is 13.2 Å². The summed E-state index contributed by atoms with van der Waals surface area (Å²) in [5.74, 6) is 0.372. The molecule has 118 valence electrons. The van der Waals surface area contributed by atoms with Crippen LogP contribution in [0.15, 0.2) is 59.5 Å². The number of sulfonamides is 1. The predicted molar refractivity (Wildman–Crippen MR) is 87.3 cm³/mol. The molecule has 5 heteroatoms. The molecule has 4 nitrogen and oxygen atoms in total. The molecule has 0 amide bonds. The Morgan fingerprint density at radius 1 is 1.00 bits per heavy atom. The number of ether oxygens (including phenoxy) is 1. The minimum absolute atomic E-state index is 0.210. The Morgan fingerprint density at radius 3 is 2.27 bits per heavy atom. The molecule has 0 bridgehead atoms. The monoisotopic (exact) mass is 319 g/mol. The van der Waals surface area contributed by atoms with Gasteiger partial charge in [0.1, 0.15) is 10.6 Å². The van der Waals surface area contributed by atoms with E-state index in [4.69, 9.17) is 4.74 Å². The number of hydrogen-bond acceptors (Lipinski definition) is 3. The molecule has 2 rings (SSSR count). The van der Waals surface area contributed by atoms with Crippen LogP contribution in [0.5, 0.6) is 5.75 Å². The van der Waals surface area contributed by atoms with E-state index in [0.717, 1.165) is 12.0 Å². The van der Waals surface area contributed by atoms with E-state index in [1.165, 1.54) is 11.4 Å². The normalized spacial score (nSPS) is 11.6. The highest BCUT2D eigenvalue weighted by Crippen LogP contribution is 2.27. The highest BCUT2D eigenvalue weighted by Gasteiger charge is 2.26. The third-order valence-corrected chi connectivity index (χ3v) is 5.25. The van der Waals surface area contributed by atoms with E-state index >= 15 is 0 Å². The van der Waals surface area contributed by atoms with Crippen LogP contribution in [-0.4, -0.2) is 26.4 Å². The van der Waals surface area contributed by atoms with Gasteiger partial charge in [0.2, 0.25) is 10.0 Å². The van der Waals surface area contributed by atoms with Crippen LogP contribution in [0, 0.1) is 0 Å². The Morgan fingerprint density at radius 2 is 1.64 bits per heavy atom. The zero-order chi connectivity index (χ0) is 16.0. The van der Waals surface area contributed by atoms with E-state index in [2.05, 4.69) is 0 Å². The standard InChI is InChI=1S/C17H21NO3S/c1-3-13-18(14-15-9-5-4-6-10-15)22(19,20)17-12-8-7-11-16(17)21-2/h4-12H,3,13-14H2,1-2H3. The summed E-state index contributed by atoms with van der Waals surface area (Å²) in [5.41, 5.74) is 0.967. The fourth-order valence-corrected chi connectivity index (χ4v) is 3.97. The van der Waals surface area contributed by atoms with Gasteiger partial charge in [0.25, 0.3) is 0 Å². The van der Waals surface area contributed by atoms with E-state index in [1.54, 1.807) is 24.3 Å². The topological polar surface area (TPSA) is 46.6 Å². The lowest BCUT2D eigenvalue weighted by Gasteiger charge is -2.22. The smallest absolute Gasteiger partial charge is 0.247 e. The van der Waals surface area contributed by atoms with Crippen molar-refractivity contribution in [3.8, 4) is 5.75 Å². The van der Waals surface area contributed by atoms with Crippen LogP contribution in [0.3, 0.4) is 0 Å². The van der Waals surface area contributed by atoms with Gasteiger partial charge in [-0.3, -0.25) is 0 Å². The Labute approximate surface area is 132 Å². The van der Waals surface area contributed by atoms with Crippen molar-refractivity contribution in [3.63, 3.8) is 0 Å². The number of rotatable bonds is 7. The molecule has 0 spiro atoms. The number of hydrogen-bond donors (Lipinski definition) is 0. The van der Waals surface area contributed by atoms with Gasteiger partial charge in [-0.2, -0.15) is 4.31 Å². The summed E-state index contributed by atoms with van der Waals surface area (Å²) in [6.07, 6.45) is 0.751. The SMILES string of the molecule is CCCN(Cc1ccccc1)S(=O)(=O)c1ccccc1OC. The van der Waals surface area contributed by atoms with Gasteiger partial charge in [-0.1, -0.05) is 49.4 Å². The van der Waals surface area contributed by atoms with Crippen LogP contribution in [0.4, 0.5) is 0 Å². The lowest BCUT2D eigenvalue weighted by Crippen LogP contribution is -2.31. The zero-order valence-electron chi connectivity index (χ0n) is 12.9. The third-order valence-electron chi connectivity index (χ3n) is 3.36. The summed E-state index contributed by atoms with van der Waals surface area (Å²) in [4.78, 5) is 0.210. The molecular weight excluding hydrogens is 298 g/mol. The second-order valence-corrected chi connectivity index (χ2v) is 6.88. The average Bonchev–Trinajstić information content (AvgIpc) is 2.55. The van der Waals surface area contributed by atoms with E-state index in [1.807, 2.05) is 37.3 Å². The maximum Gasteiger partial charge on any atom is 0.247 e. The molecule has 0 saturated heterocycles. The van der Waals surface area contributed by atoms with Crippen molar-refractivity contribution in [1.82, 2.24) is 4.31 Å². The van der Waals surface area contributed by atoms with E-state index in [-0.39, 0.29) is 4.90 Å². The van der Waals surface area contributed by atoms with Crippen molar-refractivity contribution >= 4 is 10.0 Å². The number of benzene rings is 2. The van der Waals surface area contributed by atoms with Gasteiger partial charge >= 0.3 is 0 Å². The summed E-state index contributed by atoms with van der Waals surface area (Å²) in [6, 6.07) is 16.3. The van der Waals surface area contributed by atoms with E-state index in [9.17, 15) is 8.42 Å². The second-order valence-electron chi connectivity index (χ2n) is 4.98. The summed E-state index contributed by atoms with van der Waals surface area (Å²) in [5, 5.41) is 0. The van der Waals surface area contributed by atoms with Gasteiger partial charge in [0.15, 0.2) is 0 Å². The number of nitrogens with zero attached hydrogens (tertiary/aromatic N) is 1. The molecule has 0 aliphatic heterocycles. The quantitative estimate of drug-likeness (QED) is 0.786. The van der Waals surface area contributed by atoms with Gasteiger partial charge in [-0.05, 0) is 24.1 Å². The highest BCUT2D eigenvalue weighted by atomic mass is 32.2. The molecule has 0 radical (unpaired) electrons. The van der Waals surface area contributed by atoms with Crippen LogP contribution < -0.4 is 4.74 Å². The van der Waals surface area contributed by atoms with Crippen LogP contribution >= 0.6 is 0 Å². The lowest BCUT2D eigenvalue weighted by atomic mass is 10.2. The van der Waals surface area contributed by atoms with Crippen molar-refractivity contribution in [3.05, 3.63) is 60.2 Å². The molecule has 0 atom stereocenters. The van der Waals surface area contributed by atoms with Crippen LogP contribution in [0.1, 0.15) is 18.9 Å². The Bertz CT molecular complexity index is 699. The van der Waals surface area contributed by atoms with Gasteiger partial charge in [-0.25, -0.2) is 8.42 Å². The van der Waals surface area contributed by atoms with Gasteiger partial charge in [0.05, 0.1) is 7.11 Å². The zero-order valence-corrected chi connectivity index (χ0v) is 13.7. The molecule has 0 aromatic heterocycles. The first-order valence-electron chi connectivity index (χ1n) is 7.26. The number of methoxy groups -OCH3 is 1. The van der Waals surface area contributed by atoms with Crippen molar-refractivity contribution in [2.24, 2.45) is 0 Å². The molecule has 0 aliphatic carbocycles. The van der Waals surface area contributed by atoms with Gasteiger partial charge in [0, 0.05) is 13.1 Å². The molecule has 0 fully saturated rings. The van der Waals surface area contributed by atoms with Crippen molar-refractivity contribution in [1.29, 1.82) is 0 Å². The largest absolute Gasteiger partial charge is 0.495 e. The molecule has 2 aromatic carbocycles. The molecular formula is C17H21NO3S. The molecule has 0 heterocycles. The first-order valence-corrected chi connectivity index (χ1v) is 8.70. The van der Waals surface area contributed by atoms with Gasteiger partial charge < -0.3 is 4.74 Å². The molecule has 0 N–H and O–H groups in total. The summed E-state index contributed by atoms with van der Waals surface area (Å²) in [6.45, 7) is 2.79. The van der Waals surface area contributed by atoms with Crippen molar-refractivity contribution in [2.45, 2.75) is 24.8 Å². The fraction of sp³-hybridized carbons (Fsp3) is 0.294.